The standard InChI is InChI=1S/C15H20N4O2S/c1-11-3-4-13(21-11)12(2)17-14(20)18-6-8-19(9-7-18)15-16-5-10-22-15/h3-5,10,12H,6-9H2,1-2H3,(H,17,20)/t12-/m0/s1. The fourth-order valence-corrected chi connectivity index (χ4v) is 3.20. The molecule has 0 radical (unpaired) electrons. The first-order chi connectivity index (χ1) is 10.6. The topological polar surface area (TPSA) is 61.6 Å². The molecule has 1 N–H and O–H groups in total. The highest BCUT2D eigenvalue weighted by Crippen LogP contribution is 2.19. The summed E-state index contributed by atoms with van der Waals surface area (Å²) in [5, 5.41) is 5.99. The van der Waals surface area contributed by atoms with Crippen molar-refractivity contribution in [2.75, 3.05) is 31.1 Å². The Balaban J connectivity index is 1.51. The van der Waals surface area contributed by atoms with Gasteiger partial charge in [0, 0.05) is 37.8 Å². The van der Waals surface area contributed by atoms with Crippen LogP contribution in [0, 0.1) is 6.92 Å². The SMILES string of the molecule is Cc1ccc([C@H](C)NC(=O)N2CCN(c3nccs3)CC2)o1. The number of carbonyl (C=O) groups is 1. The van der Waals surface area contributed by atoms with Gasteiger partial charge in [0.15, 0.2) is 5.13 Å². The van der Waals surface area contributed by atoms with Crippen LogP contribution in [0.5, 0.6) is 0 Å². The summed E-state index contributed by atoms with van der Waals surface area (Å²) in [4.78, 5) is 20.7. The van der Waals surface area contributed by atoms with E-state index in [1.54, 1.807) is 11.3 Å². The molecule has 6 nitrogen and oxygen atoms in total. The van der Waals surface area contributed by atoms with Crippen molar-refractivity contribution in [2.24, 2.45) is 0 Å². The molecule has 118 valence electrons. The van der Waals surface area contributed by atoms with Gasteiger partial charge in [-0.3, -0.25) is 0 Å². The maximum atomic E-state index is 12.3. The smallest absolute Gasteiger partial charge is 0.318 e. The number of nitrogens with one attached hydrogen (secondary N) is 1. The normalized spacial score (nSPS) is 16.6. The van der Waals surface area contributed by atoms with Crippen molar-refractivity contribution < 1.29 is 9.21 Å². The second-order valence-electron chi connectivity index (χ2n) is 5.41. The van der Waals surface area contributed by atoms with E-state index in [0.29, 0.717) is 13.1 Å². The molecule has 1 aliphatic heterocycles. The number of aryl methyl sites for hydroxylation is 1. The Morgan fingerprint density at radius 1 is 1.36 bits per heavy atom. The molecule has 3 heterocycles. The average Bonchev–Trinajstić information content (AvgIpc) is 3.18. The van der Waals surface area contributed by atoms with Crippen LogP contribution in [0.25, 0.3) is 0 Å². The molecular weight excluding hydrogens is 300 g/mol. The molecule has 1 saturated heterocycles. The number of piperazine rings is 1. The van der Waals surface area contributed by atoms with Crippen molar-refractivity contribution in [1.82, 2.24) is 15.2 Å². The molecule has 0 spiro atoms. The van der Waals surface area contributed by atoms with Crippen LogP contribution in [0.4, 0.5) is 9.93 Å². The van der Waals surface area contributed by atoms with Crippen LogP contribution in [0.2, 0.25) is 0 Å². The van der Waals surface area contributed by atoms with Gasteiger partial charge in [0.1, 0.15) is 11.5 Å². The van der Waals surface area contributed by atoms with Crippen molar-refractivity contribution in [2.45, 2.75) is 19.9 Å². The maximum Gasteiger partial charge on any atom is 0.318 e. The highest BCUT2D eigenvalue weighted by atomic mass is 32.1. The number of nitrogens with zero attached hydrogens (tertiary/aromatic N) is 3. The summed E-state index contributed by atoms with van der Waals surface area (Å²) < 4.78 is 5.55. The van der Waals surface area contributed by atoms with Crippen molar-refractivity contribution >= 4 is 22.5 Å². The molecule has 1 aliphatic rings. The molecule has 0 aliphatic carbocycles. The Hall–Kier alpha value is -2.02. The Kier molecular flexibility index (Phi) is 4.33. The number of rotatable bonds is 3. The van der Waals surface area contributed by atoms with Crippen LogP contribution in [0.1, 0.15) is 24.5 Å². The number of furan rings is 1. The van der Waals surface area contributed by atoms with Crippen LogP contribution in [-0.2, 0) is 0 Å². The van der Waals surface area contributed by atoms with Crippen LogP contribution >= 0.6 is 11.3 Å². The number of aromatic nitrogens is 1. The van der Waals surface area contributed by atoms with Gasteiger partial charge in [0.25, 0.3) is 0 Å². The summed E-state index contributed by atoms with van der Waals surface area (Å²) in [6, 6.07) is 3.64. The third-order valence-electron chi connectivity index (χ3n) is 3.78. The summed E-state index contributed by atoms with van der Waals surface area (Å²) in [6.45, 7) is 6.87. The average molecular weight is 320 g/mol. The lowest BCUT2D eigenvalue weighted by Crippen LogP contribution is -2.52. The third-order valence-corrected chi connectivity index (χ3v) is 4.62. The Morgan fingerprint density at radius 2 is 2.14 bits per heavy atom. The molecule has 0 saturated carbocycles. The van der Waals surface area contributed by atoms with Crippen LogP contribution in [0.15, 0.2) is 28.1 Å². The van der Waals surface area contributed by atoms with Gasteiger partial charge < -0.3 is 19.5 Å². The zero-order valence-electron chi connectivity index (χ0n) is 12.8. The van der Waals surface area contributed by atoms with E-state index in [2.05, 4.69) is 15.2 Å². The number of amides is 2. The lowest BCUT2D eigenvalue weighted by molar-refractivity contribution is 0.189. The van der Waals surface area contributed by atoms with Crippen LogP contribution < -0.4 is 10.2 Å². The molecule has 0 unspecified atom stereocenters. The van der Waals surface area contributed by atoms with Gasteiger partial charge in [-0.15, -0.1) is 11.3 Å². The molecule has 2 amide bonds. The second kappa shape index (κ2) is 6.39. The molecule has 0 bridgehead atoms. The molecular formula is C15H20N4O2S. The van der Waals surface area contributed by atoms with Crippen molar-refractivity contribution in [3.63, 3.8) is 0 Å². The van der Waals surface area contributed by atoms with Crippen LogP contribution in [-0.4, -0.2) is 42.1 Å². The predicted molar refractivity (Wildman–Crippen MR) is 86.3 cm³/mol. The minimum Gasteiger partial charge on any atom is -0.464 e. The largest absolute Gasteiger partial charge is 0.464 e. The summed E-state index contributed by atoms with van der Waals surface area (Å²) >= 11 is 1.63. The van der Waals surface area contributed by atoms with Crippen molar-refractivity contribution in [1.29, 1.82) is 0 Å². The number of hydrogen-bond donors (Lipinski definition) is 1. The van der Waals surface area contributed by atoms with Gasteiger partial charge >= 0.3 is 6.03 Å². The third kappa shape index (κ3) is 3.24. The van der Waals surface area contributed by atoms with E-state index >= 15 is 0 Å². The second-order valence-corrected chi connectivity index (χ2v) is 6.28. The van der Waals surface area contributed by atoms with E-state index < -0.39 is 0 Å². The van der Waals surface area contributed by atoms with E-state index in [4.69, 9.17) is 4.42 Å². The first-order valence-electron chi connectivity index (χ1n) is 7.39. The fraction of sp³-hybridized carbons (Fsp3) is 0.467. The first-order valence-corrected chi connectivity index (χ1v) is 8.27. The fourth-order valence-electron chi connectivity index (χ4n) is 2.51. The Bertz CT molecular complexity index is 617. The number of hydrogen-bond acceptors (Lipinski definition) is 5. The number of thiazole rings is 1. The molecule has 1 fully saturated rings. The van der Waals surface area contributed by atoms with E-state index in [1.807, 2.05) is 42.5 Å². The van der Waals surface area contributed by atoms with Gasteiger partial charge in [-0.05, 0) is 26.0 Å². The van der Waals surface area contributed by atoms with Gasteiger partial charge in [-0.2, -0.15) is 0 Å². The first kappa shape index (κ1) is 14.9. The molecule has 0 aromatic carbocycles. The lowest BCUT2D eigenvalue weighted by Gasteiger charge is -2.35. The predicted octanol–water partition coefficient (Wildman–Crippen LogP) is 2.64. The summed E-state index contributed by atoms with van der Waals surface area (Å²) in [6.07, 6.45) is 1.81. The molecule has 1 atom stereocenters. The number of carbonyl (C=O) groups excluding carboxylic acids is 1. The summed E-state index contributed by atoms with van der Waals surface area (Å²) in [7, 11) is 0. The molecule has 2 aromatic heterocycles. The minimum atomic E-state index is -0.127. The highest BCUT2D eigenvalue weighted by molar-refractivity contribution is 7.13. The van der Waals surface area contributed by atoms with Crippen molar-refractivity contribution in [3.8, 4) is 0 Å². The molecule has 3 rings (SSSR count). The quantitative estimate of drug-likeness (QED) is 0.944. The lowest BCUT2D eigenvalue weighted by atomic mass is 10.2. The van der Waals surface area contributed by atoms with E-state index in [1.165, 1.54) is 0 Å². The van der Waals surface area contributed by atoms with Crippen molar-refractivity contribution in [3.05, 3.63) is 35.2 Å². The van der Waals surface area contributed by atoms with Gasteiger partial charge in [0.2, 0.25) is 0 Å². The molecule has 7 heteroatoms. The van der Waals surface area contributed by atoms with E-state index in [9.17, 15) is 4.79 Å². The minimum absolute atomic E-state index is 0.0414. The number of urea groups is 1. The molecule has 2 aromatic rings. The summed E-state index contributed by atoms with van der Waals surface area (Å²) in [5.41, 5.74) is 0. The van der Waals surface area contributed by atoms with Gasteiger partial charge in [0.05, 0.1) is 6.04 Å². The van der Waals surface area contributed by atoms with Gasteiger partial charge in [-0.25, -0.2) is 9.78 Å². The Labute approximate surface area is 133 Å². The molecule has 22 heavy (non-hydrogen) atoms. The Morgan fingerprint density at radius 3 is 2.73 bits per heavy atom. The zero-order valence-corrected chi connectivity index (χ0v) is 13.6. The van der Waals surface area contributed by atoms with E-state index in [-0.39, 0.29) is 12.1 Å². The van der Waals surface area contributed by atoms with E-state index in [0.717, 1.165) is 29.7 Å². The monoisotopic (exact) mass is 320 g/mol. The highest BCUT2D eigenvalue weighted by Gasteiger charge is 2.24. The summed E-state index contributed by atoms with van der Waals surface area (Å²) in [5.74, 6) is 1.64. The van der Waals surface area contributed by atoms with Crippen LogP contribution in [0.3, 0.4) is 0 Å². The number of anilines is 1. The van der Waals surface area contributed by atoms with Gasteiger partial charge in [-0.1, -0.05) is 0 Å². The zero-order chi connectivity index (χ0) is 15.5. The maximum absolute atomic E-state index is 12.3.